The Morgan fingerprint density at radius 3 is 2.26 bits per heavy atom. The van der Waals surface area contributed by atoms with Gasteiger partial charge in [-0.25, -0.2) is 4.98 Å². The van der Waals surface area contributed by atoms with Crippen LogP contribution in [0.3, 0.4) is 0 Å². The van der Waals surface area contributed by atoms with Gasteiger partial charge in [0.25, 0.3) is 6.47 Å². The molecular weight excluding hydrogens is 430 g/mol. The second-order valence-corrected chi connectivity index (χ2v) is 6.78. The Morgan fingerprint density at radius 1 is 1.10 bits per heavy atom. The van der Waals surface area contributed by atoms with E-state index in [0.29, 0.717) is 23.7 Å². The molecule has 0 saturated heterocycles. The van der Waals surface area contributed by atoms with Crippen molar-refractivity contribution in [2.45, 2.75) is 39.2 Å². The first-order valence-electron chi connectivity index (χ1n) is 8.84. The van der Waals surface area contributed by atoms with E-state index in [0.717, 1.165) is 6.07 Å². The summed E-state index contributed by atoms with van der Waals surface area (Å²) < 4.78 is 85.6. The molecule has 0 spiro atoms. The number of alkyl halides is 6. The van der Waals surface area contributed by atoms with E-state index in [-0.39, 0.29) is 29.2 Å². The average molecular weight is 446 g/mol. The van der Waals surface area contributed by atoms with Crippen LogP contribution < -0.4 is 4.74 Å². The molecule has 3 aromatic rings. The minimum Gasteiger partial charge on any atom is -0.424 e. The molecule has 0 amide bonds. The molecule has 0 saturated carbocycles. The Balaban J connectivity index is 2.19. The molecule has 1 unspecified atom stereocenters. The van der Waals surface area contributed by atoms with Crippen LogP contribution in [0.15, 0.2) is 24.4 Å². The third-order valence-electron chi connectivity index (χ3n) is 4.66. The minimum absolute atomic E-state index is 0.0495. The van der Waals surface area contributed by atoms with Gasteiger partial charge >= 0.3 is 12.4 Å². The van der Waals surface area contributed by atoms with E-state index >= 15 is 0 Å². The number of rotatable bonds is 5. The number of benzene rings is 1. The van der Waals surface area contributed by atoms with Gasteiger partial charge < -0.3 is 9.72 Å². The molecule has 2 heterocycles. The quantitative estimate of drug-likeness (QED) is 0.439. The number of carbonyl (C=O) groups excluding carboxylic acids is 1. The molecule has 0 fully saturated rings. The minimum atomic E-state index is -5.21. The molecular formula is C19H16F6N4O2. The van der Waals surface area contributed by atoms with E-state index in [9.17, 15) is 31.1 Å². The number of ether oxygens (including phenoxy) is 1. The number of aryl methyl sites for hydroxylation is 2. The van der Waals surface area contributed by atoms with Crippen molar-refractivity contribution < 1.29 is 35.9 Å². The van der Waals surface area contributed by atoms with Crippen LogP contribution in [0.4, 0.5) is 26.3 Å². The molecule has 3 rings (SSSR count). The van der Waals surface area contributed by atoms with Gasteiger partial charge in [-0.15, -0.1) is 0 Å². The first kappa shape index (κ1) is 22.4. The summed E-state index contributed by atoms with van der Waals surface area (Å²) in [5.41, 5.74) is -2.81. The Hall–Kier alpha value is -3.31. The first-order chi connectivity index (χ1) is 14.3. The van der Waals surface area contributed by atoms with Gasteiger partial charge in [0.2, 0.25) is 0 Å². The maximum atomic E-state index is 13.3. The summed E-state index contributed by atoms with van der Waals surface area (Å²) >= 11 is 0. The SMILES string of the molecule is Cc1ncc(-c2c(OC=O)c(C)nn2C(C)c2ccc(C(F)(F)F)c(C(F)(F)F)c2)[nH]1. The number of aromatic nitrogens is 4. The van der Waals surface area contributed by atoms with Crippen LogP contribution >= 0.6 is 0 Å². The fourth-order valence-corrected chi connectivity index (χ4v) is 3.23. The van der Waals surface area contributed by atoms with Crippen LogP contribution in [0.5, 0.6) is 5.75 Å². The van der Waals surface area contributed by atoms with Gasteiger partial charge in [-0.1, -0.05) is 6.07 Å². The van der Waals surface area contributed by atoms with Crippen LogP contribution in [-0.2, 0) is 17.1 Å². The van der Waals surface area contributed by atoms with E-state index in [2.05, 4.69) is 15.1 Å². The van der Waals surface area contributed by atoms with Crippen molar-refractivity contribution >= 4 is 6.47 Å². The maximum absolute atomic E-state index is 13.3. The summed E-state index contributed by atoms with van der Waals surface area (Å²) in [6.45, 7) is 4.81. The summed E-state index contributed by atoms with van der Waals surface area (Å²) in [4.78, 5) is 17.9. The van der Waals surface area contributed by atoms with Crippen LogP contribution in [0.1, 0.15) is 41.2 Å². The Bertz CT molecular complexity index is 1110. The topological polar surface area (TPSA) is 72.8 Å². The average Bonchev–Trinajstić information content (AvgIpc) is 3.23. The van der Waals surface area contributed by atoms with Crippen molar-refractivity contribution in [2.75, 3.05) is 0 Å². The Morgan fingerprint density at radius 2 is 1.74 bits per heavy atom. The summed E-state index contributed by atoms with van der Waals surface area (Å²) in [5.74, 6) is 0.562. The lowest BCUT2D eigenvalue weighted by atomic mass is 9.99. The first-order valence-corrected chi connectivity index (χ1v) is 8.84. The third kappa shape index (κ3) is 4.28. The monoisotopic (exact) mass is 446 g/mol. The fourth-order valence-electron chi connectivity index (χ4n) is 3.23. The smallest absolute Gasteiger partial charge is 0.417 e. The number of H-pyrrole nitrogens is 1. The van der Waals surface area contributed by atoms with Crippen molar-refractivity contribution in [3.8, 4) is 17.1 Å². The second kappa shape index (κ2) is 7.75. The highest BCUT2D eigenvalue weighted by Crippen LogP contribution is 2.42. The molecule has 1 atom stereocenters. The summed E-state index contributed by atoms with van der Waals surface area (Å²) in [6.07, 6.45) is -8.96. The molecule has 31 heavy (non-hydrogen) atoms. The van der Waals surface area contributed by atoms with Crippen molar-refractivity contribution in [3.63, 3.8) is 0 Å². The summed E-state index contributed by atoms with van der Waals surface area (Å²) in [6, 6.07) is 0.868. The second-order valence-electron chi connectivity index (χ2n) is 6.78. The molecule has 166 valence electrons. The highest BCUT2D eigenvalue weighted by atomic mass is 19.4. The van der Waals surface area contributed by atoms with Gasteiger partial charge in [0.05, 0.1) is 29.1 Å². The molecule has 0 aliphatic rings. The van der Waals surface area contributed by atoms with Crippen molar-refractivity contribution in [1.29, 1.82) is 0 Å². The number of aromatic amines is 1. The summed E-state index contributed by atoms with van der Waals surface area (Å²) in [7, 11) is 0. The van der Waals surface area contributed by atoms with E-state index in [4.69, 9.17) is 4.74 Å². The Labute approximate surface area is 171 Å². The number of nitrogens with zero attached hydrogens (tertiary/aromatic N) is 3. The molecule has 1 aromatic carbocycles. The normalized spacial score (nSPS) is 13.3. The zero-order valence-corrected chi connectivity index (χ0v) is 16.4. The molecule has 0 bridgehead atoms. The van der Waals surface area contributed by atoms with Gasteiger partial charge in [-0.2, -0.15) is 31.4 Å². The lowest BCUT2D eigenvalue weighted by Gasteiger charge is -2.20. The zero-order chi connectivity index (χ0) is 23.1. The van der Waals surface area contributed by atoms with E-state index in [1.54, 1.807) is 6.92 Å². The van der Waals surface area contributed by atoms with E-state index in [1.165, 1.54) is 24.7 Å². The third-order valence-corrected chi connectivity index (χ3v) is 4.66. The summed E-state index contributed by atoms with van der Waals surface area (Å²) in [5, 5.41) is 4.24. The van der Waals surface area contributed by atoms with E-state index in [1.807, 2.05) is 0 Å². The molecule has 0 radical (unpaired) electrons. The van der Waals surface area contributed by atoms with Gasteiger partial charge in [-0.3, -0.25) is 9.48 Å². The lowest BCUT2D eigenvalue weighted by molar-refractivity contribution is -0.162. The number of imidazole rings is 1. The number of carbonyl (C=O) groups is 1. The number of halogens is 6. The molecule has 0 aliphatic heterocycles. The number of hydrogen-bond donors (Lipinski definition) is 1. The zero-order valence-electron chi connectivity index (χ0n) is 16.4. The Kier molecular flexibility index (Phi) is 5.59. The van der Waals surface area contributed by atoms with Gasteiger partial charge in [0.1, 0.15) is 17.2 Å². The maximum Gasteiger partial charge on any atom is 0.417 e. The largest absolute Gasteiger partial charge is 0.424 e. The highest BCUT2D eigenvalue weighted by Gasteiger charge is 2.43. The highest BCUT2D eigenvalue weighted by molar-refractivity contribution is 5.67. The predicted octanol–water partition coefficient (Wildman–Crippen LogP) is 5.07. The van der Waals surface area contributed by atoms with E-state index < -0.39 is 29.5 Å². The van der Waals surface area contributed by atoms with Gasteiger partial charge in [-0.05, 0) is 38.5 Å². The molecule has 1 N–H and O–H groups in total. The molecule has 12 heteroatoms. The standard InChI is InChI=1S/C19H16F6N4O2/c1-9-17(31-8-30)16(15-7-26-11(3)27-15)29(28-9)10(2)12-4-5-13(18(20,21)22)14(6-12)19(23,24)25/h4-8,10H,1-3H3,(H,26,27). The van der Waals surface area contributed by atoms with Crippen molar-refractivity contribution in [1.82, 2.24) is 19.7 Å². The van der Waals surface area contributed by atoms with Crippen LogP contribution in [0, 0.1) is 13.8 Å². The molecule has 2 aromatic heterocycles. The van der Waals surface area contributed by atoms with Gasteiger partial charge in [0.15, 0.2) is 5.75 Å². The fraction of sp³-hybridized carbons (Fsp3) is 0.316. The van der Waals surface area contributed by atoms with Crippen molar-refractivity contribution in [2.24, 2.45) is 0 Å². The molecule has 6 nitrogen and oxygen atoms in total. The van der Waals surface area contributed by atoms with Crippen LogP contribution in [0.25, 0.3) is 11.4 Å². The van der Waals surface area contributed by atoms with Gasteiger partial charge in [0, 0.05) is 0 Å². The lowest BCUT2D eigenvalue weighted by Crippen LogP contribution is -2.18. The predicted molar refractivity (Wildman–Crippen MR) is 96.2 cm³/mol. The molecule has 0 aliphatic carbocycles. The van der Waals surface area contributed by atoms with Crippen LogP contribution in [-0.4, -0.2) is 26.2 Å². The van der Waals surface area contributed by atoms with Crippen molar-refractivity contribution in [3.05, 3.63) is 52.6 Å². The van der Waals surface area contributed by atoms with Crippen LogP contribution in [0.2, 0.25) is 0 Å². The number of hydrogen-bond acceptors (Lipinski definition) is 4. The number of nitrogens with one attached hydrogen (secondary N) is 1.